The van der Waals surface area contributed by atoms with Crippen LogP contribution in [0.3, 0.4) is 0 Å². The van der Waals surface area contributed by atoms with Crippen molar-refractivity contribution in [3.05, 3.63) is 77.7 Å². The van der Waals surface area contributed by atoms with E-state index in [2.05, 4.69) is 15.4 Å². The maximum atomic E-state index is 12.6. The van der Waals surface area contributed by atoms with Gasteiger partial charge in [0.25, 0.3) is 5.91 Å². The van der Waals surface area contributed by atoms with E-state index in [-0.39, 0.29) is 11.8 Å². The molecule has 1 aliphatic heterocycles. The molecule has 1 fully saturated rings. The van der Waals surface area contributed by atoms with E-state index in [1.165, 1.54) is 0 Å². The zero-order valence-electron chi connectivity index (χ0n) is 15.4. The van der Waals surface area contributed by atoms with Gasteiger partial charge in [-0.2, -0.15) is 5.10 Å². The fourth-order valence-corrected chi connectivity index (χ4v) is 3.27. The lowest BCUT2D eigenvalue weighted by Crippen LogP contribution is -2.24. The lowest BCUT2D eigenvalue weighted by Gasteiger charge is -2.15. The standard InChI is InChI=1S/C21H21N5O2/c27-20-8-4-11-25(20)14-16-5-3-6-17(13-16)21(28)23-19-9-12-26(24-19)15-18-7-1-2-10-22-18/h1-3,5-7,9-10,12-13H,4,8,11,14-15H2,(H,23,24,28). The van der Waals surface area contributed by atoms with Crippen molar-refractivity contribution in [1.82, 2.24) is 19.7 Å². The van der Waals surface area contributed by atoms with Crippen LogP contribution in [0.15, 0.2) is 60.9 Å². The van der Waals surface area contributed by atoms with Gasteiger partial charge in [0.15, 0.2) is 5.82 Å². The Morgan fingerprint density at radius 2 is 2.04 bits per heavy atom. The van der Waals surface area contributed by atoms with Crippen LogP contribution in [0, 0.1) is 0 Å². The van der Waals surface area contributed by atoms with E-state index in [1.54, 1.807) is 29.2 Å². The highest BCUT2D eigenvalue weighted by atomic mass is 16.2. The molecule has 142 valence electrons. The molecule has 0 unspecified atom stereocenters. The summed E-state index contributed by atoms with van der Waals surface area (Å²) in [6, 6.07) is 14.8. The number of pyridine rings is 1. The topological polar surface area (TPSA) is 80.1 Å². The summed E-state index contributed by atoms with van der Waals surface area (Å²) in [5, 5.41) is 7.20. The minimum atomic E-state index is -0.224. The molecule has 1 saturated heterocycles. The quantitative estimate of drug-likeness (QED) is 0.718. The van der Waals surface area contributed by atoms with Gasteiger partial charge in [-0.3, -0.25) is 19.3 Å². The smallest absolute Gasteiger partial charge is 0.256 e. The van der Waals surface area contributed by atoms with E-state index in [0.29, 0.717) is 30.9 Å². The number of aromatic nitrogens is 3. The SMILES string of the molecule is O=C(Nc1ccn(Cc2ccccn2)n1)c1cccc(CN2CCCC2=O)c1. The summed E-state index contributed by atoms with van der Waals surface area (Å²) in [6.45, 7) is 1.86. The maximum Gasteiger partial charge on any atom is 0.256 e. The zero-order chi connectivity index (χ0) is 19.3. The number of carbonyl (C=O) groups is 2. The molecule has 4 rings (SSSR count). The molecular weight excluding hydrogens is 354 g/mol. The third kappa shape index (κ3) is 4.25. The highest BCUT2D eigenvalue weighted by Crippen LogP contribution is 2.16. The third-order valence-corrected chi connectivity index (χ3v) is 4.67. The monoisotopic (exact) mass is 375 g/mol. The molecule has 7 heteroatoms. The average Bonchev–Trinajstić information content (AvgIpc) is 3.32. The Hall–Kier alpha value is -3.48. The first kappa shape index (κ1) is 17.9. The van der Waals surface area contributed by atoms with Crippen molar-refractivity contribution in [2.45, 2.75) is 25.9 Å². The first-order valence-corrected chi connectivity index (χ1v) is 9.29. The number of hydrogen-bond acceptors (Lipinski definition) is 4. The van der Waals surface area contributed by atoms with E-state index in [1.807, 2.05) is 41.3 Å². The Bertz CT molecular complexity index is 983. The van der Waals surface area contributed by atoms with Crippen LogP contribution >= 0.6 is 0 Å². The van der Waals surface area contributed by atoms with Crippen LogP contribution in [-0.2, 0) is 17.9 Å². The molecule has 1 aliphatic rings. The predicted octanol–water partition coefficient (Wildman–Crippen LogP) is 2.70. The Morgan fingerprint density at radius 3 is 2.82 bits per heavy atom. The predicted molar refractivity (Wildman–Crippen MR) is 105 cm³/mol. The van der Waals surface area contributed by atoms with Gasteiger partial charge in [-0.25, -0.2) is 0 Å². The summed E-state index contributed by atoms with van der Waals surface area (Å²) < 4.78 is 1.73. The van der Waals surface area contributed by atoms with E-state index >= 15 is 0 Å². The fraction of sp³-hybridized carbons (Fsp3) is 0.238. The molecule has 0 bridgehead atoms. The molecule has 0 spiro atoms. The Morgan fingerprint density at radius 1 is 1.11 bits per heavy atom. The van der Waals surface area contributed by atoms with Crippen molar-refractivity contribution in [3.63, 3.8) is 0 Å². The van der Waals surface area contributed by atoms with Crippen LogP contribution < -0.4 is 5.32 Å². The molecule has 0 aliphatic carbocycles. The summed E-state index contributed by atoms with van der Waals surface area (Å²) in [5.41, 5.74) is 2.39. The molecule has 0 saturated carbocycles. The molecular formula is C21H21N5O2. The van der Waals surface area contributed by atoms with Crippen molar-refractivity contribution in [1.29, 1.82) is 0 Å². The number of amides is 2. The molecule has 0 atom stereocenters. The zero-order valence-corrected chi connectivity index (χ0v) is 15.4. The maximum absolute atomic E-state index is 12.6. The van der Waals surface area contributed by atoms with Crippen LogP contribution in [0.4, 0.5) is 5.82 Å². The molecule has 3 heterocycles. The van der Waals surface area contributed by atoms with Crippen molar-refractivity contribution in [3.8, 4) is 0 Å². The average molecular weight is 375 g/mol. The Labute approximate surface area is 163 Å². The highest BCUT2D eigenvalue weighted by molar-refractivity contribution is 6.03. The Kier molecular flexibility index (Phi) is 5.14. The molecule has 7 nitrogen and oxygen atoms in total. The summed E-state index contributed by atoms with van der Waals surface area (Å²) in [6.07, 6.45) is 5.06. The number of likely N-dealkylation sites (tertiary alicyclic amines) is 1. The molecule has 3 aromatic rings. The van der Waals surface area contributed by atoms with Gasteiger partial charge in [0.1, 0.15) is 0 Å². The second kappa shape index (κ2) is 8.04. The van der Waals surface area contributed by atoms with Gasteiger partial charge in [0, 0.05) is 43.5 Å². The summed E-state index contributed by atoms with van der Waals surface area (Å²) >= 11 is 0. The first-order valence-electron chi connectivity index (χ1n) is 9.29. The van der Waals surface area contributed by atoms with Gasteiger partial charge in [-0.15, -0.1) is 0 Å². The molecule has 28 heavy (non-hydrogen) atoms. The van der Waals surface area contributed by atoms with Crippen molar-refractivity contribution < 1.29 is 9.59 Å². The van der Waals surface area contributed by atoms with Crippen LogP contribution in [0.2, 0.25) is 0 Å². The van der Waals surface area contributed by atoms with E-state index in [4.69, 9.17) is 0 Å². The molecule has 2 aromatic heterocycles. The van der Waals surface area contributed by atoms with Crippen molar-refractivity contribution in [2.75, 3.05) is 11.9 Å². The highest BCUT2D eigenvalue weighted by Gasteiger charge is 2.20. The number of nitrogens with one attached hydrogen (secondary N) is 1. The number of nitrogens with zero attached hydrogens (tertiary/aromatic N) is 4. The molecule has 1 N–H and O–H groups in total. The number of rotatable bonds is 6. The van der Waals surface area contributed by atoms with Gasteiger partial charge in [-0.05, 0) is 36.2 Å². The van der Waals surface area contributed by atoms with E-state index in [9.17, 15) is 9.59 Å². The summed E-state index contributed by atoms with van der Waals surface area (Å²) in [7, 11) is 0. The Balaban J connectivity index is 1.40. The fourth-order valence-electron chi connectivity index (χ4n) is 3.27. The van der Waals surface area contributed by atoms with E-state index in [0.717, 1.165) is 24.2 Å². The number of benzene rings is 1. The van der Waals surface area contributed by atoms with Gasteiger partial charge < -0.3 is 10.2 Å². The van der Waals surface area contributed by atoms with Crippen molar-refractivity contribution >= 4 is 17.6 Å². The van der Waals surface area contributed by atoms with Crippen LogP contribution in [-0.4, -0.2) is 38.0 Å². The largest absolute Gasteiger partial charge is 0.338 e. The lowest BCUT2D eigenvalue weighted by atomic mass is 10.1. The minimum absolute atomic E-state index is 0.174. The van der Waals surface area contributed by atoms with Gasteiger partial charge >= 0.3 is 0 Å². The normalized spacial score (nSPS) is 13.7. The molecule has 1 aromatic carbocycles. The van der Waals surface area contributed by atoms with Crippen molar-refractivity contribution in [2.24, 2.45) is 0 Å². The van der Waals surface area contributed by atoms with Gasteiger partial charge in [0.2, 0.25) is 5.91 Å². The van der Waals surface area contributed by atoms with E-state index < -0.39 is 0 Å². The first-order chi connectivity index (χ1) is 13.7. The van der Waals surface area contributed by atoms with Crippen LogP contribution in [0.5, 0.6) is 0 Å². The summed E-state index contributed by atoms with van der Waals surface area (Å²) in [5.74, 6) is 0.437. The van der Waals surface area contributed by atoms with Crippen LogP contribution in [0.1, 0.15) is 34.5 Å². The minimum Gasteiger partial charge on any atom is -0.338 e. The van der Waals surface area contributed by atoms with Gasteiger partial charge in [0.05, 0.1) is 12.2 Å². The molecule has 2 amide bonds. The number of hydrogen-bond donors (Lipinski definition) is 1. The number of carbonyl (C=O) groups excluding carboxylic acids is 2. The van der Waals surface area contributed by atoms with Gasteiger partial charge in [-0.1, -0.05) is 18.2 Å². The van der Waals surface area contributed by atoms with Crippen LogP contribution in [0.25, 0.3) is 0 Å². The second-order valence-corrected chi connectivity index (χ2v) is 6.79. The second-order valence-electron chi connectivity index (χ2n) is 6.79. The molecule has 0 radical (unpaired) electrons. The number of anilines is 1. The third-order valence-electron chi connectivity index (χ3n) is 4.67. The summed E-state index contributed by atoms with van der Waals surface area (Å²) in [4.78, 5) is 30.5. The lowest BCUT2D eigenvalue weighted by molar-refractivity contribution is -0.128.